The highest BCUT2D eigenvalue weighted by atomic mass is 32.1. The minimum Gasteiger partial charge on any atom is -0.429 e. The van der Waals surface area contributed by atoms with Gasteiger partial charge in [0.2, 0.25) is 0 Å². The molecule has 0 N–H and O–H groups in total. The number of carbonyl (C=O) groups excluding carboxylic acids is 1. The van der Waals surface area contributed by atoms with Crippen molar-refractivity contribution < 1.29 is 14.1 Å². The van der Waals surface area contributed by atoms with Gasteiger partial charge in [-0.3, -0.25) is 14.9 Å². The molecule has 3 aromatic rings. The lowest BCUT2D eigenvalue weighted by Crippen LogP contribution is -2.01. The minimum absolute atomic E-state index is 0.00781. The van der Waals surface area contributed by atoms with Gasteiger partial charge in [0.25, 0.3) is 16.5 Å². The number of aryl methyl sites for hydroxylation is 1. The van der Waals surface area contributed by atoms with Crippen LogP contribution in [0.2, 0.25) is 0 Å². The average Bonchev–Trinajstić information content (AvgIpc) is 3.04. The maximum absolute atomic E-state index is 12.1. The largest absolute Gasteiger partial charge is 0.429 e. The van der Waals surface area contributed by atoms with Crippen LogP contribution in [0.5, 0.6) is 0 Å². The Hall–Kier alpha value is -3.06. The topological polar surface area (TPSA) is 85.7 Å². The Kier molecular flexibility index (Phi) is 4.35. The molecular weight excluding hydrogens is 328 g/mol. The molecule has 120 valence electrons. The van der Waals surface area contributed by atoms with Crippen molar-refractivity contribution in [2.45, 2.75) is 6.92 Å². The number of nitro benzene ring substituents is 1. The number of hydrogen-bond acceptors (Lipinski definition) is 5. The maximum atomic E-state index is 12.1. The molecule has 0 saturated heterocycles. The zero-order valence-corrected chi connectivity index (χ0v) is 13.4. The third kappa shape index (κ3) is 3.47. The molecule has 1 amide bonds. The second-order valence-electron chi connectivity index (χ2n) is 5.05. The molecule has 0 radical (unpaired) electrons. The molecule has 0 fully saturated rings. The number of rotatable bonds is 3. The number of non-ortho nitro benzene ring substituents is 1. The number of nitro groups is 1. The number of hydrogen-bond donors (Lipinski definition) is 0. The van der Waals surface area contributed by atoms with Crippen LogP contribution >= 0.6 is 11.3 Å². The van der Waals surface area contributed by atoms with Crippen molar-refractivity contribution in [3.63, 3.8) is 0 Å². The first-order valence-electron chi connectivity index (χ1n) is 7.02. The van der Waals surface area contributed by atoms with Gasteiger partial charge in [-0.1, -0.05) is 29.0 Å². The second kappa shape index (κ2) is 6.59. The maximum Gasteiger partial charge on any atom is 0.282 e. The average molecular weight is 340 g/mol. The lowest BCUT2D eigenvalue weighted by atomic mass is 10.1. The van der Waals surface area contributed by atoms with Crippen molar-refractivity contribution in [1.29, 1.82) is 0 Å². The number of benzene rings is 2. The number of carbonyl (C=O) groups is 1. The molecule has 0 aliphatic carbocycles. The van der Waals surface area contributed by atoms with Crippen LogP contribution in [0.3, 0.4) is 0 Å². The molecule has 2 aromatic carbocycles. The fourth-order valence-electron chi connectivity index (χ4n) is 2.01. The van der Waals surface area contributed by atoms with Gasteiger partial charge >= 0.3 is 0 Å². The van der Waals surface area contributed by atoms with Gasteiger partial charge in [-0.25, -0.2) is 0 Å². The molecule has 0 spiro atoms. The van der Waals surface area contributed by atoms with E-state index in [9.17, 15) is 14.9 Å². The highest BCUT2D eigenvalue weighted by molar-refractivity contribution is 7.07. The normalized spacial score (nSPS) is 11.5. The molecule has 0 aliphatic rings. The summed E-state index contributed by atoms with van der Waals surface area (Å²) < 4.78 is 5.55. The third-order valence-electron chi connectivity index (χ3n) is 3.32. The predicted octanol–water partition coefficient (Wildman–Crippen LogP) is 3.97. The van der Waals surface area contributed by atoms with Crippen LogP contribution in [0.4, 0.5) is 5.69 Å². The van der Waals surface area contributed by atoms with E-state index in [1.54, 1.807) is 29.6 Å². The number of amides is 1. The zero-order chi connectivity index (χ0) is 17.1. The van der Waals surface area contributed by atoms with Crippen LogP contribution < -0.4 is 4.87 Å². The van der Waals surface area contributed by atoms with E-state index in [0.717, 1.165) is 5.56 Å². The smallest absolute Gasteiger partial charge is 0.282 e. The highest BCUT2D eigenvalue weighted by Crippen LogP contribution is 2.22. The lowest BCUT2D eigenvalue weighted by Gasteiger charge is -1.96. The Morgan fingerprint density at radius 3 is 2.42 bits per heavy atom. The summed E-state index contributed by atoms with van der Waals surface area (Å²) in [5.74, 6) is 0.126. The fourth-order valence-corrected chi connectivity index (χ4v) is 2.68. The molecule has 1 heterocycles. The fraction of sp³-hybridized carbons (Fsp3) is 0.0588. The standard InChI is InChI=1S/C17H12N2O4S/c1-11-2-4-13(5-3-11)16(20)18-17-23-15(10-24-17)12-6-8-14(9-7-12)19(21)22/h2-10H,1H3. The van der Waals surface area contributed by atoms with E-state index in [1.165, 1.54) is 23.5 Å². The van der Waals surface area contributed by atoms with Gasteiger partial charge in [0.1, 0.15) is 5.76 Å². The molecule has 0 unspecified atom stereocenters. The molecule has 0 atom stereocenters. The molecular formula is C17H12N2O4S. The Morgan fingerprint density at radius 1 is 1.12 bits per heavy atom. The summed E-state index contributed by atoms with van der Waals surface area (Å²) in [6, 6.07) is 13.1. The molecule has 6 nitrogen and oxygen atoms in total. The monoisotopic (exact) mass is 340 g/mol. The molecule has 1 aromatic heterocycles. The van der Waals surface area contributed by atoms with Crippen molar-refractivity contribution in [3.05, 3.63) is 80.0 Å². The summed E-state index contributed by atoms with van der Waals surface area (Å²) in [7, 11) is 0. The highest BCUT2D eigenvalue weighted by Gasteiger charge is 2.09. The van der Waals surface area contributed by atoms with E-state index < -0.39 is 4.92 Å². The van der Waals surface area contributed by atoms with Crippen molar-refractivity contribution in [2.75, 3.05) is 0 Å². The van der Waals surface area contributed by atoms with Crippen LogP contribution in [0.25, 0.3) is 11.3 Å². The summed E-state index contributed by atoms with van der Waals surface area (Å²) in [5, 5.41) is 12.4. The SMILES string of the molecule is Cc1ccc(C(=O)N=c2oc(-c3ccc([N+](=O)[O-])cc3)cs2)cc1. The first-order chi connectivity index (χ1) is 11.5. The second-order valence-corrected chi connectivity index (χ2v) is 5.88. The van der Waals surface area contributed by atoms with Crippen LogP contribution in [-0.2, 0) is 0 Å². The van der Waals surface area contributed by atoms with Crippen LogP contribution in [-0.4, -0.2) is 10.8 Å². The molecule has 0 bridgehead atoms. The van der Waals surface area contributed by atoms with E-state index in [-0.39, 0.29) is 16.5 Å². The van der Waals surface area contributed by atoms with Crippen LogP contribution in [0, 0.1) is 17.0 Å². The van der Waals surface area contributed by atoms with Gasteiger partial charge in [-0.05, 0) is 31.2 Å². The summed E-state index contributed by atoms with van der Waals surface area (Å²) in [6.07, 6.45) is 0. The summed E-state index contributed by atoms with van der Waals surface area (Å²) in [4.78, 5) is 26.5. The molecule has 24 heavy (non-hydrogen) atoms. The minimum atomic E-state index is -0.463. The van der Waals surface area contributed by atoms with Crippen molar-refractivity contribution in [2.24, 2.45) is 4.99 Å². The van der Waals surface area contributed by atoms with Crippen LogP contribution in [0.1, 0.15) is 15.9 Å². The summed E-state index contributed by atoms with van der Waals surface area (Å²) in [6.45, 7) is 1.94. The molecule has 7 heteroatoms. The molecule has 0 aliphatic heterocycles. The van der Waals surface area contributed by atoms with Gasteiger partial charge < -0.3 is 4.42 Å². The third-order valence-corrected chi connectivity index (χ3v) is 4.03. The Morgan fingerprint density at radius 2 is 1.79 bits per heavy atom. The van der Waals surface area contributed by atoms with Gasteiger partial charge in [0, 0.05) is 28.6 Å². The molecule has 3 rings (SSSR count). The predicted molar refractivity (Wildman–Crippen MR) is 89.7 cm³/mol. The first kappa shape index (κ1) is 15.8. The van der Waals surface area contributed by atoms with Gasteiger partial charge in [-0.2, -0.15) is 4.99 Å². The first-order valence-corrected chi connectivity index (χ1v) is 7.90. The van der Waals surface area contributed by atoms with Crippen LogP contribution in [0.15, 0.2) is 63.3 Å². The Bertz CT molecular complexity index is 953. The van der Waals surface area contributed by atoms with Gasteiger partial charge in [0.15, 0.2) is 0 Å². The molecule has 0 saturated carbocycles. The van der Waals surface area contributed by atoms with E-state index in [0.29, 0.717) is 16.9 Å². The number of nitrogens with zero attached hydrogens (tertiary/aromatic N) is 2. The zero-order valence-electron chi connectivity index (χ0n) is 12.6. The van der Waals surface area contributed by atoms with E-state index in [2.05, 4.69) is 4.99 Å². The summed E-state index contributed by atoms with van der Waals surface area (Å²) >= 11 is 1.19. The Balaban J connectivity index is 1.85. The van der Waals surface area contributed by atoms with E-state index in [1.807, 2.05) is 19.1 Å². The van der Waals surface area contributed by atoms with Gasteiger partial charge in [-0.15, -0.1) is 0 Å². The quantitative estimate of drug-likeness (QED) is 0.533. The van der Waals surface area contributed by atoms with Crippen molar-refractivity contribution in [1.82, 2.24) is 0 Å². The van der Waals surface area contributed by atoms with E-state index in [4.69, 9.17) is 4.42 Å². The van der Waals surface area contributed by atoms with Gasteiger partial charge in [0.05, 0.1) is 4.92 Å². The Labute approximate surface area is 140 Å². The van der Waals surface area contributed by atoms with E-state index >= 15 is 0 Å². The van der Waals surface area contributed by atoms with Crippen molar-refractivity contribution >= 4 is 22.9 Å². The lowest BCUT2D eigenvalue weighted by molar-refractivity contribution is -0.384. The summed E-state index contributed by atoms with van der Waals surface area (Å²) in [5.41, 5.74) is 2.24. The van der Waals surface area contributed by atoms with Crippen molar-refractivity contribution in [3.8, 4) is 11.3 Å².